The number of hydrogen-bond donors (Lipinski definition) is 2. The minimum Gasteiger partial charge on any atom is -0.495 e. The molecule has 0 unspecified atom stereocenters. The molecular weight excluding hydrogens is 264 g/mol. The maximum Gasteiger partial charge on any atom is 0.240 e. The van der Waals surface area contributed by atoms with Crippen LogP contribution in [0.5, 0.6) is 5.75 Å². The fourth-order valence-electron chi connectivity index (χ4n) is 1.50. The van der Waals surface area contributed by atoms with Crippen molar-refractivity contribution in [2.24, 2.45) is 5.41 Å². The Bertz CT molecular complexity index is 533. The maximum absolute atomic E-state index is 12.1. The lowest BCUT2D eigenvalue weighted by atomic mass is 9.93. The summed E-state index contributed by atoms with van der Waals surface area (Å²) in [7, 11) is -2.06. The molecule has 0 saturated carbocycles. The van der Waals surface area contributed by atoms with Crippen molar-refractivity contribution >= 4 is 15.7 Å². The summed E-state index contributed by atoms with van der Waals surface area (Å²) in [6.07, 6.45) is 0.762. The Kier molecular flexibility index (Phi) is 4.81. The Morgan fingerprint density at radius 1 is 1.32 bits per heavy atom. The van der Waals surface area contributed by atoms with Gasteiger partial charge in [0.15, 0.2) is 0 Å². The van der Waals surface area contributed by atoms with E-state index in [9.17, 15) is 8.42 Å². The Hall–Kier alpha value is -1.27. The molecule has 0 aliphatic rings. The first-order chi connectivity index (χ1) is 8.65. The quantitative estimate of drug-likeness (QED) is 0.811. The highest BCUT2D eigenvalue weighted by atomic mass is 32.2. The molecule has 1 aromatic carbocycles. The van der Waals surface area contributed by atoms with Gasteiger partial charge in [-0.1, -0.05) is 20.8 Å². The summed E-state index contributed by atoms with van der Waals surface area (Å²) < 4.78 is 31.8. The fraction of sp³-hybridized carbons (Fsp3) is 0.538. The van der Waals surface area contributed by atoms with Crippen molar-refractivity contribution in [1.29, 1.82) is 0 Å². The van der Waals surface area contributed by atoms with Gasteiger partial charge < -0.3 is 10.5 Å². The molecule has 19 heavy (non-hydrogen) atoms. The molecular formula is C13H22N2O3S. The van der Waals surface area contributed by atoms with Crippen LogP contribution in [0.25, 0.3) is 0 Å². The third kappa shape index (κ3) is 4.72. The summed E-state index contributed by atoms with van der Waals surface area (Å²) in [5.41, 5.74) is 6.16. The summed E-state index contributed by atoms with van der Waals surface area (Å²) in [6.45, 7) is 6.59. The molecule has 6 heteroatoms. The highest BCUT2D eigenvalue weighted by molar-refractivity contribution is 7.89. The smallest absolute Gasteiger partial charge is 0.240 e. The molecule has 0 aromatic heterocycles. The molecule has 1 aromatic rings. The second-order valence-corrected chi connectivity index (χ2v) is 7.38. The number of nitrogens with two attached hydrogens (primary N) is 1. The minimum absolute atomic E-state index is 0.0846. The minimum atomic E-state index is -3.52. The molecule has 0 bridgehead atoms. The van der Waals surface area contributed by atoms with Crippen molar-refractivity contribution in [3.63, 3.8) is 0 Å². The second kappa shape index (κ2) is 5.79. The van der Waals surface area contributed by atoms with E-state index in [1.807, 2.05) is 0 Å². The summed E-state index contributed by atoms with van der Waals surface area (Å²) in [5, 5.41) is 0. The van der Waals surface area contributed by atoms with Gasteiger partial charge in [0, 0.05) is 12.6 Å². The predicted molar refractivity (Wildman–Crippen MR) is 76.7 cm³/mol. The Labute approximate surface area is 115 Å². The summed E-state index contributed by atoms with van der Waals surface area (Å²) >= 11 is 0. The number of rotatable bonds is 5. The number of methoxy groups -OCH3 is 1. The molecule has 0 aliphatic carbocycles. The van der Waals surface area contributed by atoms with Gasteiger partial charge >= 0.3 is 0 Å². The average Bonchev–Trinajstić information content (AvgIpc) is 2.27. The molecule has 0 amide bonds. The lowest BCUT2D eigenvalue weighted by Crippen LogP contribution is -2.27. The van der Waals surface area contributed by atoms with Gasteiger partial charge in [-0.15, -0.1) is 0 Å². The van der Waals surface area contributed by atoms with Crippen molar-refractivity contribution in [2.75, 3.05) is 19.4 Å². The van der Waals surface area contributed by atoms with Gasteiger partial charge in [0.25, 0.3) is 0 Å². The van der Waals surface area contributed by atoms with Gasteiger partial charge in [-0.25, -0.2) is 13.1 Å². The van der Waals surface area contributed by atoms with Crippen LogP contribution in [0.3, 0.4) is 0 Å². The molecule has 0 saturated heterocycles. The van der Waals surface area contributed by atoms with Gasteiger partial charge in [0.2, 0.25) is 10.0 Å². The number of hydrogen-bond acceptors (Lipinski definition) is 4. The van der Waals surface area contributed by atoms with Crippen LogP contribution in [0.2, 0.25) is 0 Å². The van der Waals surface area contributed by atoms with Gasteiger partial charge in [0.05, 0.1) is 17.7 Å². The molecule has 0 aliphatic heterocycles. The molecule has 3 N–H and O–H groups in total. The molecule has 108 valence electrons. The maximum atomic E-state index is 12.1. The average molecular weight is 286 g/mol. The van der Waals surface area contributed by atoms with E-state index in [4.69, 9.17) is 10.5 Å². The first kappa shape index (κ1) is 15.8. The third-order valence-electron chi connectivity index (χ3n) is 2.68. The van der Waals surface area contributed by atoms with Crippen LogP contribution < -0.4 is 15.2 Å². The van der Waals surface area contributed by atoms with Crippen molar-refractivity contribution in [1.82, 2.24) is 4.72 Å². The highest BCUT2D eigenvalue weighted by Crippen LogP contribution is 2.25. The third-order valence-corrected chi connectivity index (χ3v) is 4.14. The first-order valence-corrected chi connectivity index (χ1v) is 7.57. The van der Waals surface area contributed by atoms with E-state index in [0.717, 1.165) is 6.42 Å². The van der Waals surface area contributed by atoms with Crippen molar-refractivity contribution < 1.29 is 13.2 Å². The predicted octanol–water partition coefficient (Wildman–Crippen LogP) is 1.99. The van der Waals surface area contributed by atoms with Crippen molar-refractivity contribution in [2.45, 2.75) is 32.1 Å². The number of anilines is 1. The number of nitrogens with one attached hydrogen (secondary N) is 1. The zero-order valence-electron chi connectivity index (χ0n) is 11.9. The van der Waals surface area contributed by atoms with Crippen molar-refractivity contribution in [3.05, 3.63) is 18.2 Å². The Balaban J connectivity index is 2.83. The Morgan fingerprint density at radius 3 is 2.47 bits per heavy atom. The Morgan fingerprint density at radius 2 is 1.95 bits per heavy atom. The van der Waals surface area contributed by atoms with Crippen LogP contribution >= 0.6 is 0 Å². The van der Waals surface area contributed by atoms with Crippen LogP contribution in [0.4, 0.5) is 5.69 Å². The lowest BCUT2D eigenvalue weighted by molar-refractivity contribution is 0.378. The molecule has 0 radical (unpaired) electrons. The summed E-state index contributed by atoms with van der Waals surface area (Å²) in [4.78, 5) is 0.160. The molecule has 5 nitrogen and oxygen atoms in total. The largest absolute Gasteiger partial charge is 0.495 e. The van der Waals surface area contributed by atoms with E-state index in [1.165, 1.54) is 25.3 Å². The van der Waals surface area contributed by atoms with E-state index in [1.54, 1.807) is 0 Å². The molecule has 0 atom stereocenters. The van der Waals surface area contributed by atoms with Crippen LogP contribution in [-0.2, 0) is 10.0 Å². The number of nitrogen functional groups attached to an aromatic ring is 1. The SMILES string of the molecule is COc1cc(S(=O)(=O)NCCC(C)(C)C)ccc1N. The second-order valence-electron chi connectivity index (χ2n) is 5.61. The van der Waals surface area contributed by atoms with Crippen LogP contribution in [0.15, 0.2) is 23.1 Å². The summed E-state index contributed by atoms with van der Waals surface area (Å²) in [5.74, 6) is 0.360. The molecule has 0 spiro atoms. The van der Waals surface area contributed by atoms with Gasteiger partial charge in [-0.3, -0.25) is 0 Å². The van der Waals surface area contributed by atoms with E-state index >= 15 is 0 Å². The standard InChI is InChI=1S/C13H22N2O3S/c1-13(2,3)7-8-15-19(16,17)10-5-6-11(14)12(9-10)18-4/h5-6,9,15H,7-8,14H2,1-4H3. The van der Waals surface area contributed by atoms with E-state index in [2.05, 4.69) is 25.5 Å². The summed E-state index contributed by atoms with van der Waals surface area (Å²) in [6, 6.07) is 4.42. The molecule has 1 rings (SSSR count). The fourth-order valence-corrected chi connectivity index (χ4v) is 2.55. The zero-order valence-corrected chi connectivity index (χ0v) is 12.7. The topological polar surface area (TPSA) is 81.4 Å². The monoisotopic (exact) mass is 286 g/mol. The zero-order chi connectivity index (χ0) is 14.7. The van der Waals surface area contributed by atoms with Crippen LogP contribution in [0.1, 0.15) is 27.2 Å². The number of sulfonamides is 1. The van der Waals surface area contributed by atoms with Gasteiger partial charge in [0.1, 0.15) is 5.75 Å². The van der Waals surface area contributed by atoms with Crippen LogP contribution in [-0.4, -0.2) is 22.1 Å². The van der Waals surface area contributed by atoms with E-state index in [-0.39, 0.29) is 10.3 Å². The molecule has 0 fully saturated rings. The number of ether oxygens (including phenoxy) is 1. The van der Waals surface area contributed by atoms with E-state index < -0.39 is 10.0 Å². The molecule has 0 heterocycles. The first-order valence-electron chi connectivity index (χ1n) is 6.09. The highest BCUT2D eigenvalue weighted by Gasteiger charge is 2.17. The van der Waals surface area contributed by atoms with Gasteiger partial charge in [-0.05, 0) is 24.0 Å². The van der Waals surface area contributed by atoms with Crippen molar-refractivity contribution in [3.8, 4) is 5.75 Å². The van der Waals surface area contributed by atoms with E-state index in [0.29, 0.717) is 18.0 Å². The number of benzene rings is 1. The van der Waals surface area contributed by atoms with Crippen LogP contribution in [0, 0.1) is 5.41 Å². The normalized spacial score (nSPS) is 12.4. The van der Waals surface area contributed by atoms with Gasteiger partial charge in [-0.2, -0.15) is 0 Å². The lowest BCUT2D eigenvalue weighted by Gasteiger charge is -2.18.